The lowest BCUT2D eigenvalue weighted by molar-refractivity contribution is -0.126. The Labute approximate surface area is 134 Å². The molecule has 1 fully saturated rings. The molecule has 1 amide bonds. The molecule has 0 aromatic heterocycles. The van der Waals surface area contributed by atoms with Crippen molar-refractivity contribution in [2.45, 2.75) is 27.0 Å². The predicted octanol–water partition coefficient (Wildman–Crippen LogP) is 2.16. The Kier molecular flexibility index (Phi) is 6.15. The second kappa shape index (κ2) is 8.10. The molecular formula is C16H22F2N2O3. The van der Waals surface area contributed by atoms with Crippen molar-refractivity contribution < 1.29 is 23.0 Å². The summed E-state index contributed by atoms with van der Waals surface area (Å²) in [6.07, 6.45) is 0. The summed E-state index contributed by atoms with van der Waals surface area (Å²) < 4.78 is 34.5. The lowest BCUT2D eigenvalue weighted by Gasteiger charge is -2.31. The second-order valence-electron chi connectivity index (χ2n) is 5.52. The second-order valence-corrected chi connectivity index (χ2v) is 5.52. The van der Waals surface area contributed by atoms with Crippen molar-refractivity contribution in [1.82, 2.24) is 10.6 Å². The van der Waals surface area contributed by atoms with Gasteiger partial charge in [-0.3, -0.25) is 4.79 Å². The summed E-state index contributed by atoms with van der Waals surface area (Å²) in [6, 6.07) is 4.67. The third-order valence-electron chi connectivity index (χ3n) is 3.92. The molecule has 2 N–H and O–H groups in total. The van der Waals surface area contributed by atoms with Gasteiger partial charge in [-0.2, -0.15) is 8.78 Å². The molecule has 1 aliphatic rings. The Morgan fingerprint density at radius 2 is 2.13 bits per heavy atom. The SMILES string of the molecule is CCOc1cc(CNC(=O)C(C)C2CNC2)ccc1OC(F)F. The van der Waals surface area contributed by atoms with Gasteiger partial charge in [-0.05, 0) is 43.6 Å². The minimum atomic E-state index is -2.91. The van der Waals surface area contributed by atoms with Gasteiger partial charge >= 0.3 is 6.61 Å². The van der Waals surface area contributed by atoms with Crippen LogP contribution in [0.1, 0.15) is 19.4 Å². The minimum absolute atomic E-state index is 0.00848. The molecule has 1 unspecified atom stereocenters. The van der Waals surface area contributed by atoms with E-state index in [1.54, 1.807) is 19.1 Å². The number of halogens is 2. The molecular weight excluding hydrogens is 306 g/mol. The summed E-state index contributed by atoms with van der Waals surface area (Å²) in [6.45, 7) is 3.14. The Morgan fingerprint density at radius 1 is 1.39 bits per heavy atom. The van der Waals surface area contributed by atoms with Gasteiger partial charge in [-0.1, -0.05) is 13.0 Å². The minimum Gasteiger partial charge on any atom is -0.490 e. The van der Waals surface area contributed by atoms with E-state index in [4.69, 9.17) is 4.74 Å². The normalized spacial score (nSPS) is 15.9. The average molecular weight is 328 g/mol. The van der Waals surface area contributed by atoms with Gasteiger partial charge in [0.05, 0.1) is 6.61 Å². The maximum Gasteiger partial charge on any atom is 0.387 e. The van der Waals surface area contributed by atoms with Crippen LogP contribution in [0.3, 0.4) is 0 Å². The Hall–Kier alpha value is -1.89. The zero-order chi connectivity index (χ0) is 16.8. The average Bonchev–Trinajstić information content (AvgIpc) is 2.45. The first-order chi connectivity index (χ1) is 11.0. The standard InChI is InChI=1S/C16H22F2N2O3/c1-3-22-14-6-11(4-5-13(14)23-16(17)18)7-20-15(21)10(2)12-8-19-9-12/h4-6,10,12,16,19H,3,7-9H2,1-2H3,(H,20,21). The molecule has 0 saturated carbocycles. The lowest BCUT2D eigenvalue weighted by atomic mass is 9.88. The third-order valence-corrected chi connectivity index (χ3v) is 3.92. The van der Waals surface area contributed by atoms with Gasteiger partial charge in [-0.25, -0.2) is 0 Å². The summed E-state index contributed by atoms with van der Waals surface area (Å²) in [4.78, 5) is 12.1. The zero-order valence-corrected chi connectivity index (χ0v) is 13.3. The van der Waals surface area contributed by atoms with Gasteiger partial charge in [0.2, 0.25) is 5.91 Å². The molecule has 1 aromatic carbocycles. The molecule has 0 spiro atoms. The van der Waals surface area contributed by atoms with Gasteiger partial charge in [0, 0.05) is 12.5 Å². The van der Waals surface area contributed by atoms with Crippen LogP contribution in [0.25, 0.3) is 0 Å². The first kappa shape index (κ1) is 17.5. The van der Waals surface area contributed by atoms with Crippen molar-refractivity contribution >= 4 is 5.91 Å². The number of hydrogen-bond donors (Lipinski definition) is 2. The van der Waals surface area contributed by atoms with Gasteiger partial charge in [0.15, 0.2) is 11.5 Å². The number of benzene rings is 1. The van der Waals surface area contributed by atoms with Crippen LogP contribution in [0.15, 0.2) is 18.2 Å². The smallest absolute Gasteiger partial charge is 0.387 e. The molecule has 7 heteroatoms. The first-order valence-corrected chi connectivity index (χ1v) is 7.70. The number of hydrogen-bond acceptors (Lipinski definition) is 4. The summed E-state index contributed by atoms with van der Waals surface area (Å²) in [5.41, 5.74) is 0.766. The highest BCUT2D eigenvalue weighted by Crippen LogP contribution is 2.30. The van der Waals surface area contributed by atoms with E-state index in [0.717, 1.165) is 18.7 Å². The van der Waals surface area contributed by atoms with Crippen molar-refractivity contribution in [3.8, 4) is 11.5 Å². The summed E-state index contributed by atoms with van der Waals surface area (Å²) in [5, 5.41) is 6.01. The number of alkyl halides is 2. The van der Waals surface area contributed by atoms with Crippen molar-refractivity contribution in [3.63, 3.8) is 0 Å². The van der Waals surface area contributed by atoms with Crippen molar-refractivity contribution in [3.05, 3.63) is 23.8 Å². The number of carbonyl (C=O) groups is 1. The van der Waals surface area contributed by atoms with Crippen molar-refractivity contribution in [2.24, 2.45) is 11.8 Å². The van der Waals surface area contributed by atoms with Crippen LogP contribution in [0, 0.1) is 11.8 Å². The number of rotatable bonds is 8. The van der Waals surface area contributed by atoms with Crippen LogP contribution >= 0.6 is 0 Å². The zero-order valence-electron chi connectivity index (χ0n) is 13.3. The van der Waals surface area contributed by atoms with E-state index in [1.807, 2.05) is 6.92 Å². The molecule has 1 heterocycles. The summed E-state index contributed by atoms with van der Waals surface area (Å²) >= 11 is 0. The molecule has 0 aliphatic carbocycles. The molecule has 1 aromatic rings. The Balaban J connectivity index is 1.96. The lowest BCUT2D eigenvalue weighted by Crippen LogP contribution is -2.49. The molecule has 1 atom stereocenters. The monoisotopic (exact) mass is 328 g/mol. The fourth-order valence-corrected chi connectivity index (χ4v) is 2.35. The highest BCUT2D eigenvalue weighted by Gasteiger charge is 2.28. The van der Waals surface area contributed by atoms with Crippen LogP contribution in [0.4, 0.5) is 8.78 Å². The first-order valence-electron chi connectivity index (χ1n) is 7.70. The summed E-state index contributed by atoms with van der Waals surface area (Å²) in [7, 11) is 0. The van der Waals surface area contributed by atoms with Gasteiger partial charge in [-0.15, -0.1) is 0 Å². The van der Waals surface area contributed by atoms with Gasteiger partial charge in [0.1, 0.15) is 0 Å². The number of ether oxygens (including phenoxy) is 2. The number of amides is 1. The Morgan fingerprint density at radius 3 is 2.70 bits per heavy atom. The molecule has 0 bridgehead atoms. The van der Waals surface area contributed by atoms with Crippen molar-refractivity contribution in [1.29, 1.82) is 0 Å². The van der Waals surface area contributed by atoms with E-state index in [-0.39, 0.29) is 23.3 Å². The van der Waals surface area contributed by atoms with Crippen molar-refractivity contribution in [2.75, 3.05) is 19.7 Å². The molecule has 23 heavy (non-hydrogen) atoms. The van der Waals surface area contributed by atoms with E-state index in [2.05, 4.69) is 15.4 Å². The summed E-state index contributed by atoms with van der Waals surface area (Å²) in [5.74, 6) is 0.545. The highest BCUT2D eigenvalue weighted by atomic mass is 19.3. The molecule has 0 radical (unpaired) electrons. The molecule has 5 nitrogen and oxygen atoms in total. The quantitative estimate of drug-likeness (QED) is 0.768. The van der Waals surface area contributed by atoms with E-state index >= 15 is 0 Å². The largest absolute Gasteiger partial charge is 0.490 e. The predicted molar refractivity (Wildman–Crippen MR) is 81.6 cm³/mol. The Bertz CT molecular complexity index is 536. The molecule has 1 saturated heterocycles. The van der Waals surface area contributed by atoms with Gasteiger partial charge < -0.3 is 20.1 Å². The van der Waals surface area contributed by atoms with E-state index in [9.17, 15) is 13.6 Å². The fourth-order valence-electron chi connectivity index (χ4n) is 2.35. The third kappa shape index (κ3) is 4.79. The molecule has 1 aliphatic heterocycles. The van der Waals surface area contributed by atoms with Gasteiger partial charge in [0.25, 0.3) is 0 Å². The number of carbonyl (C=O) groups excluding carboxylic acids is 1. The fraction of sp³-hybridized carbons (Fsp3) is 0.562. The molecule has 2 rings (SSSR count). The van der Waals surface area contributed by atoms with Crippen LogP contribution in [0.2, 0.25) is 0 Å². The molecule has 128 valence electrons. The van der Waals surface area contributed by atoms with E-state index in [1.165, 1.54) is 6.07 Å². The maximum atomic E-state index is 12.4. The van der Waals surface area contributed by atoms with Crippen LogP contribution < -0.4 is 20.1 Å². The topological polar surface area (TPSA) is 59.6 Å². The van der Waals surface area contributed by atoms with E-state index < -0.39 is 6.61 Å². The van der Waals surface area contributed by atoms with Crippen LogP contribution in [-0.2, 0) is 11.3 Å². The van der Waals surface area contributed by atoms with E-state index in [0.29, 0.717) is 19.1 Å². The number of nitrogens with one attached hydrogen (secondary N) is 2. The van der Waals surface area contributed by atoms with Crippen LogP contribution in [0.5, 0.6) is 11.5 Å². The maximum absolute atomic E-state index is 12.4. The van der Waals surface area contributed by atoms with Crippen LogP contribution in [-0.4, -0.2) is 32.2 Å². The highest BCUT2D eigenvalue weighted by molar-refractivity contribution is 5.78.